The third kappa shape index (κ3) is 2.51. The summed E-state index contributed by atoms with van der Waals surface area (Å²) in [5, 5.41) is 6.27. The Morgan fingerprint density at radius 1 is 0.892 bits per heavy atom. The van der Waals surface area contributed by atoms with Crippen molar-refractivity contribution in [3.63, 3.8) is 0 Å². The van der Waals surface area contributed by atoms with Gasteiger partial charge in [-0.25, -0.2) is 0 Å². The van der Waals surface area contributed by atoms with Gasteiger partial charge in [0.05, 0.1) is 5.92 Å². The van der Waals surface area contributed by atoms with Crippen LogP contribution < -0.4 is 10.6 Å². The van der Waals surface area contributed by atoms with Gasteiger partial charge in [0.15, 0.2) is 5.78 Å². The van der Waals surface area contributed by atoms with Crippen LogP contribution in [0, 0.1) is 26.7 Å². The predicted molar refractivity (Wildman–Crippen MR) is 142 cm³/mol. The van der Waals surface area contributed by atoms with Gasteiger partial charge >= 0.3 is 0 Å². The van der Waals surface area contributed by atoms with Crippen LogP contribution >= 0.6 is 0 Å². The fourth-order valence-electron chi connectivity index (χ4n) is 7.93. The molecule has 0 radical (unpaired) electrons. The lowest BCUT2D eigenvalue weighted by atomic mass is 9.57. The van der Waals surface area contributed by atoms with E-state index in [0.717, 1.165) is 46.3 Å². The molecule has 2 saturated heterocycles. The number of rotatable bonds is 2. The van der Waals surface area contributed by atoms with E-state index in [9.17, 15) is 14.4 Å². The lowest BCUT2D eigenvalue weighted by Crippen LogP contribution is -2.62. The minimum absolute atomic E-state index is 0.0775. The SMILES string of the molecule is Cc1ccc(C(=O)[C@@H]2[C@@H]3CCCN3[C@@]3(C(=O)Nc4c(C)cc(C)cc43)[C@@]23C(=O)Nc2ccccc23)cc1. The third-order valence-electron chi connectivity index (χ3n) is 9.17. The van der Waals surface area contributed by atoms with E-state index < -0.39 is 16.9 Å². The molecule has 0 bridgehead atoms. The number of anilines is 2. The highest BCUT2D eigenvalue weighted by Crippen LogP contribution is 2.68. The van der Waals surface area contributed by atoms with Crippen molar-refractivity contribution in [3.05, 3.63) is 94.0 Å². The Morgan fingerprint density at radius 3 is 2.43 bits per heavy atom. The van der Waals surface area contributed by atoms with E-state index in [4.69, 9.17) is 0 Å². The minimum Gasteiger partial charge on any atom is -0.325 e. The van der Waals surface area contributed by atoms with Crippen LogP contribution in [0.4, 0.5) is 11.4 Å². The van der Waals surface area contributed by atoms with Gasteiger partial charge in [-0.3, -0.25) is 19.3 Å². The molecule has 4 aliphatic heterocycles. The van der Waals surface area contributed by atoms with Crippen molar-refractivity contribution >= 4 is 29.0 Å². The molecule has 0 saturated carbocycles. The minimum atomic E-state index is -1.40. The number of para-hydroxylation sites is 1. The molecule has 7 rings (SSSR count). The van der Waals surface area contributed by atoms with E-state index in [1.165, 1.54) is 0 Å². The zero-order chi connectivity index (χ0) is 25.7. The first-order chi connectivity index (χ1) is 17.8. The van der Waals surface area contributed by atoms with Gasteiger partial charge < -0.3 is 10.6 Å². The summed E-state index contributed by atoms with van der Waals surface area (Å²) in [5.41, 5.74) is 3.92. The Kier molecular flexibility index (Phi) is 4.48. The van der Waals surface area contributed by atoms with E-state index in [1.54, 1.807) is 0 Å². The largest absolute Gasteiger partial charge is 0.325 e. The molecule has 0 aromatic heterocycles. The zero-order valence-electron chi connectivity index (χ0n) is 21.2. The van der Waals surface area contributed by atoms with Gasteiger partial charge in [-0.05, 0) is 57.4 Å². The number of Topliss-reactive ketones (excluding diaryl/α,β-unsaturated/α-hetero) is 1. The number of hydrogen-bond acceptors (Lipinski definition) is 4. The standard InChI is InChI=1S/C31H29N3O3/c1-17-10-12-20(13-11-17)27(35)25-24-9-6-14-34(24)31(22-16-18(2)15-19(3)26(22)33-29(31)37)30(25)21-7-4-5-8-23(21)32-28(30)36/h4-5,7-8,10-13,15-16,24-25H,6,9,14H2,1-3H3,(H,32,36)(H,33,37)/t24-,25-,30+,31-/m0/s1. The lowest BCUT2D eigenvalue weighted by molar-refractivity contribution is -0.137. The van der Waals surface area contributed by atoms with Crippen LogP contribution in [0.15, 0.2) is 60.7 Å². The molecule has 0 aliphatic carbocycles. The number of fused-ring (bicyclic) bond motifs is 7. The molecule has 2 fully saturated rings. The number of carbonyl (C=O) groups is 3. The first kappa shape index (κ1) is 22.4. The molecule has 2 spiro atoms. The predicted octanol–water partition coefficient (Wildman–Crippen LogP) is 4.63. The highest BCUT2D eigenvalue weighted by molar-refractivity contribution is 6.21. The Hall–Kier alpha value is -3.77. The van der Waals surface area contributed by atoms with Gasteiger partial charge in [-0.15, -0.1) is 0 Å². The summed E-state index contributed by atoms with van der Waals surface area (Å²) in [7, 11) is 0. The van der Waals surface area contributed by atoms with Crippen molar-refractivity contribution in [1.29, 1.82) is 0 Å². The van der Waals surface area contributed by atoms with Crippen LogP contribution in [0.5, 0.6) is 0 Å². The summed E-state index contributed by atoms with van der Waals surface area (Å²) in [6.45, 7) is 6.65. The normalized spacial score (nSPS) is 29.4. The molecule has 2 N–H and O–H groups in total. The van der Waals surface area contributed by atoms with Crippen LogP contribution in [0.1, 0.15) is 51.0 Å². The fourth-order valence-corrected chi connectivity index (χ4v) is 7.93. The molecule has 0 unspecified atom stereocenters. The molecule has 186 valence electrons. The Balaban J connectivity index is 1.60. The average molecular weight is 492 g/mol. The summed E-state index contributed by atoms with van der Waals surface area (Å²) < 4.78 is 0. The lowest BCUT2D eigenvalue weighted by Gasteiger charge is -2.43. The van der Waals surface area contributed by atoms with Crippen molar-refractivity contribution in [2.75, 3.05) is 17.2 Å². The highest BCUT2D eigenvalue weighted by Gasteiger charge is 2.81. The fraction of sp³-hybridized carbons (Fsp3) is 0.323. The van der Waals surface area contributed by atoms with Crippen molar-refractivity contribution in [2.24, 2.45) is 5.92 Å². The summed E-state index contributed by atoms with van der Waals surface area (Å²) >= 11 is 0. The molecule has 2 amide bonds. The van der Waals surface area contributed by atoms with Crippen LogP contribution in [-0.4, -0.2) is 35.1 Å². The van der Waals surface area contributed by atoms with Crippen LogP contribution in [0.2, 0.25) is 0 Å². The van der Waals surface area contributed by atoms with E-state index in [2.05, 4.69) is 21.6 Å². The van der Waals surface area contributed by atoms with Gasteiger partial charge in [0.2, 0.25) is 5.91 Å². The van der Waals surface area contributed by atoms with Gasteiger partial charge in [0, 0.05) is 28.5 Å². The van der Waals surface area contributed by atoms with Crippen molar-refractivity contribution in [3.8, 4) is 0 Å². The second-order valence-electron chi connectivity index (χ2n) is 11.1. The Bertz CT molecular complexity index is 1530. The van der Waals surface area contributed by atoms with Gasteiger partial charge in [0.25, 0.3) is 5.91 Å². The topological polar surface area (TPSA) is 78.5 Å². The number of amides is 2. The molecular weight excluding hydrogens is 462 g/mol. The second-order valence-corrected chi connectivity index (χ2v) is 11.1. The molecule has 3 aromatic carbocycles. The number of ketones is 1. The van der Waals surface area contributed by atoms with Crippen LogP contribution in [0.3, 0.4) is 0 Å². The molecular formula is C31H29N3O3. The maximum absolute atomic E-state index is 14.6. The first-order valence-electron chi connectivity index (χ1n) is 13.0. The summed E-state index contributed by atoms with van der Waals surface area (Å²) in [6, 6.07) is 19.0. The smallest absolute Gasteiger partial charge is 0.251 e. The van der Waals surface area contributed by atoms with Gasteiger partial charge in [-0.1, -0.05) is 65.7 Å². The number of nitrogens with zero attached hydrogens (tertiary/aromatic N) is 1. The maximum Gasteiger partial charge on any atom is 0.251 e. The maximum atomic E-state index is 14.6. The van der Waals surface area contributed by atoms with E-state index in [1.807, 2.05) is 75.4 Å². The molecule has 6 heteroatoms. The molecule has 6 nitrogen and oxygen atoms in total. The number of nitrogens with one attached hydrogen (secondary N) is 2. The zero-order valence-corrected chi connectivity index (χ0v) is 21.2. The average Bonchev–Trinajstić information content (AvgIpc) is 3.59. The number of benzene rings is 3. The van der Waals surface area contributed by atoms with E-state index >= 15 is 0 Å². The summed E-state index contributed by atoms with van der Waals surface area (Å²) in [4.78, 5) is 45.8. The Morgan fingerprint density at radius 2 is 1.65 bits per heavy atom. The van der Waals surface area contributed by atoms with E-state index in [-0.39, 0.29) is 23.6 Å². The van der Waals surface area contributed by atoms with Crippen molar-refractivity contribution < 1.29 is 14.4 Å². The molecule has 4 atom stereocenters. The monoisotopic (exact) mass is 491 g/mol. The summed E-state index contributed by atoms with van der Waals surface area (Å²) in [5.74, 6) is -1.27. The van der Waals surface area contributed by atoms with E-state index in [0.29, 0.717) is 17.8 Å². The van der Waals surface area contributed by atoms with Crippen LogP contribution in [-0.2, 0) is 20.5 Å². The third-order valence-corrected chi connectivity index (χ3v) is 9.17. The van der Waals surface area contributed by atoms with Gasteiger partial charge in [-0.2, -0.15) is 0 Å². The number of carbonyl (C=O) groups excluding carboxylic acids is 3. The van der Waals surface area contributed by atoms with Crippen LogP contribution in [0.25, 0.3) is 0 Å². The molecule has 37 heavy (non-hydrogen) atoms. The molecule has 3 aromatic rings. The molecule has 4 heterocycles. The summed E-state index contributed by atoms with van der Waals surface area (Å²) in [6.07, 6.45) is 1.63. The Labute approximate surface area is 216 Å². The number of aryl methyl sites for hydroxylation is 3. The molecule has 4 aliphatic rings. The second kappa shape index (κ2) is 7.39. The van der Waals surface area contributed by atoms with Crippen molar-refractivity contribution in [1.82, 2.24) is 4.90 Å². The first-order valence-corrected chi connectivity index (χ1v) is 13.0. The quantitative estimate of drug-likeness (QED) is 0.513. The highest BCUT2D eigenvalue weighted by atomic mass is 16.2. The van der Waals surface area contributed by atoms with Gasteiger partial charge in [0.1, 0.15) is 11.0 Å². The number of hydrogen-bond donors (Lipinski definition) is 2. The van der Waals surface area contributed by atoms with Crippen molar-refractivity contribution in [2.45, 2.75) is 50.6 Å².